The lowest BCUT2D eigenvalue weighted by Gasteiger charge is -2.22. The summed E-state index contributed by atoms with van der Waals surface area (Å²) in [5, 5.41) is 27.9. The number of carboxylic acid groups (broad SMARTS) is 1. The molecule has 0 saturated heterocycles. The van der Waals surface area contributed by atoms with Crippen LogP contribution in [-0.2, 0) is 10.8 Å². The number of hydrogen-bond acceptors (Lipinski definition) is 4. The predicted molar refractivity (Wildman–Crippen MR) is 180 cm³/mol. The van der Waals surface area contributed by atoms with Gasteiger partial charge in [0.05, 0.1) is 46.3 Å². The van der Waals surface area contributed by atoms with Gasteiger partial charge in [0.1, 0.15) is 23.3 Å². The van der Waals surface area contributed by atoms with Crippen LogP contribution in [0.4, 0.5) is 17.6 Å². The number of aliphatic hydroxyl groups excluding tert-OH is 2. The average Bonchev–Trinajstić information content (AvgIpc) is 3.70. The molecule has 0 amide bonds. The summed E-state index contributed by atoms with van der Waals surface area (Å²) in [4.78, 5) is 27.6. The van der Waals surface area contributed by atoms with Gasteiger partial charge in [0.2, 0.25) is 0 Å². The molecule has 0 aliphatic carbocycles. The van der Waals surface area contributed by atoms with Gasteiger partial charge < -0.3 is 25.3 Å². The molecule has 0 aliphatic heterocycles. The number of benzene rings is 4. The fraction of sp³-hybridized carbons (Fsp3) is 0.211. The fourth-order valence-electron chi connectivity index (χ4n) is 5.61. The van der Waals surface area contributed by atoms with Crippen molar-refractivity contribution in [3.8, 4) is 22.3 Å². The normalized spacial score (nSPS) is 11.9. The number of rotatable bonds is 8. The number of aldehydes is 1. The van der Waals surface area contributed by atoms with E-state index >= 15 is 0 Å². The molecule has 0 saturated carbocycles. The van der Waals surface area contributed by atoms with Crippen LogP contribution in [0.5, 0.6) is 0 Å². The number of aromatic nitrogens is 2. The third-order valence-corrected chi connectivity index (χ3v) is 8.81. The molecule has 0 atom stereocenters. The van der Waals surface area contributed by atoms with Gasteiger partial charge in [0.15, 0.2) is 6.29 Å². The zero-order chi connectivity index (χ0) is 35.8. The number of fused-ring (bicyclic) bond motifs is 2. The zero-order valence-electron chi connectivity index (χ0n) is 27.1. The van der Waals surface area contributed by atoms with E-state index in [0.717, 1.165) is 23.4 Å². The molecule has 2 heterocycles. The number of carbonyl (C=O) groups excluding carboxylic acids is 1. The van der Waals surface area contributed by atoms with Crippen LogP contribution in [0.15, 0.2) is 73.1 Å². The molecule has 2 aromatic heterocycles. The highest BCUT2D eigenvalue weighted by atomic mass is 19.1. The highest BCUT2D eigenvalue weighted by molar-refractivity contribution is 6.05. The number of hydrogen-bond donors (Lipinski definition) is 5. The number of carbonyl (C=O) groups is 2. The highest BCUT2D eigenvalue weighted by Crippen LogP contribution is 2.36. The monoisotopic (exact) mass is 674 g/mol. The van der Waals surface area contributed by atoms with E-state index in [1.807, 2.05) is 27.7 Å². The van der Waals surface area contributed by atoms with E-state index in [9.17, 15) is 42.5 Å². The molecule has 0 bridgehead atoms. The zero-order valence-corrected chi connectivity index (χ0v) is 27.1. The first kappa shape index (κ1) is 35.1. The number of aromatic carboxylic acids is 1. The smallest absolute Gasteiger partial charge is 0.337 e. The van der Waals surface area contributed by atoms with Crippen molar-refractivity contribution >= 4 is 34.1 Å². The molecule has 0 radical (unpaired) electrons. The minimum Gasteiger partial charge on any atom is -0.478 e. The Bertz CT molecular complexity index is 2180. The Morgan fingerprint density at radius 3 is 1.51 bits per heavy atom. The third-order valence-electron chi connectivity index (χ3n) is 8.81. The molecule has 0 spiro atoms. The van der Waals surface area contributed by atoms with E-state index in [0.29, 0.717) is 17.4 Å². The van der Waals surface area contributed by atoms with Crippen molar-refractivity contribution in [1.29, 1.82) is 0 Å². The Kier molecular flexibility index (Phi) is 9.54. The van der Waals surface area contributed by atoms with Crippen LogP contribution in [0.2, 0.25) is 0 Å². The van der Waals surface area contributed by atoms with Gasteiger partial charge in [-0.25, -0.2) is 22.4 Å². The van der Waals surface area contributed by atoms with Gasteiger partial charge >= 0.3 is 5.97 Å². The van der Waals surface area contributed by atoms with Crippen molar-refractivity contribution < 1.29 is 42.5 Å². The first-order valence-corrected chi connectivity index (χ1v) is 15.2. The largest absolute Gasteiger partial charge is 0.478 e. The maximum Gasteiger partial charge on any atom is 0.337 e. The Hall–Kier alpha value is -5.26. The Labute approximate surface area is 278 Å². The van der Waals surface area contributed by atoms with E-state index in [-0.39, 0.29) is 57.3 Å². The van der Waals surface area contributed by atoms with Gasteiger partial charge in [-0.2, -0.15) is 0 Å². The summed E-state index contributed by atoms with van der Waals surface area (Å²) in [5.41, 5.74) is 1.26. The topological polar surface area (TPSA) is 126 Å². The first-order valence-electron chi connectivity index (χ1n) is 15.2. The lowest BCUT2D eigenvalue weighted by atomic mass is 9.85. The van der Waals surface area contributed by atoms with Gasteiger partial charge in [-0.15, -0.1) is 0 Å². The Balaban J connectivity index is 0.000000191. The number of aliphatic hydroxyl groups is 2. The standard InChI is InChI=1S/C19H17F2NO3.C19H17F2NO2/c1-19(2,9-23)11-5-3-10(4-6-11)15-13(20)7-14-16(17(15)21)12(8-22-14)18(24)25;1-19(2,10-24)13-5-3-11(4-6-13)16-14(20)7-15-17(18(16)21)12(9-23)8-22-15/h3-8,22-23H,9H2,1-2H3,(H,24,25);3-9,22,24H,10H2,1-2H3. The van der Waals surface area contributed by atoms with Crippen LogP contribution in [0.1, 0.15) is 59.5 Å². The van der Waals surface area contributed by atoms with E-state index in [1.165, 1.54) is 12.3 Å². The van der Waals surface area contributed by atoms with Gasteiger partial charge in [-0.1, -0.05) is 76.2 Å². The van der Waals surface area contributed by atoms with Gasteiger partial charge in [-0.05, 0) is 34.4 Å². The second-order valence-corrected chi connectivity index (χ2v) is 13.0. The number of nitrogens with one attached hydrogen (secondary N) is 2. The van der Waals surface area contributed by atoms with Crippen LogP contribution < -0.4 is 0 Å². The Morgan fingerprint density at radius 2 is 1.10 bits per heavy atom. The second-order valence-electron chi connectivity index (χ2n) is 13.0. The lowest BCUT2D eigenvalue weighted by Crippen LogP contribution is -2.21. The Morgan fingerprint density at radius 1 is 0.694 bits per heavy atom. The molecule has 11 heteroatoms. The second kappa shape index (κ2) is 13.3. The quantitative estimate of drug-likeness (QED) is 0.0821. The molecule has 6 rings (SSSR count). The number of H-pyrrole nitrogens is 2. The third kappa shape index (κ3) is 6.47. The van der Waals surface area contributed by atoms with Crippen molar-refractivity contribution in [2.24, 2.45) is 0 Å². The van der Waals surface area contributed by atoms with Crippen LogP contribution in [0.3, 0.4) is 0 Å². The summed E-state index contributed by atoms with van der Waals surface area (Å²) >= 11 is 0. The molecule has 6 aromatic rings. The van der Waals surface area contributed by atoms with E-state index in [2.05, 4.69) is 9.97 Å². The molecular formula is C38H34F4N2O5. The lowest BCUT2D eigenvalue weighted by molar-refractivity contribution is 0.0698. The van der Waals surface area contributed by atoms with Gasteiger partial charge in [0.25, 0.3) is 0 Å². The molecule has 0 fully saturated rings. The van der Waals surface area contributed by atoms with Crippen molar-refractivity contribution in [2.45, 2.75) is 38.5 Å². The summed E-state index contributed by atoms with van der Waals surface area (Å²) in [6.07, 6.45) is 3.04. The van der Waals surface area contributed by atoms with E-state index in [4.69, 9.17) is 0 Å². The summed E-state index contributed by atoms with van der Waals surface area (Å²) in [5.74, 6) is -4.44. The summed E-state index contributed by atoms with van der Waals surface area (Å²) < 4.78 is 58.6. The molecule has 4 aromatic carbocycles. The maximum atomic E-state index is 14.9. The summed E-state index contributed by atoms with van der Waals surface area (Å²) in [6.45, 7) is 7.37. The van der Waals surface area contributed by atoms with Crippen LogP contribution in [0, 0.1) is 23.3 Å². The molecular weight excluding hydrogens is 640 g/mol. The molecule has 254 valence electrons. The number of carboxylic acids is 1. The SMILES string of the molecule is CC(C)(CO)c1ccc(-c2c(F)cc3[nH]cc(C(=O)O)c3c2F)cc1.CC(C)(CO)c1ccc(-c2c(F)cc3[nH]cc(C=O)c3c2F)cc1. The minimum absolute atomic E-state index is 0.0346. The highest BCUT2D eigenvalue weighted by Gasteiger charge is 2.24. The van der Waals surface area contributed by atoms with Crippen molar-refractivity contribution in [2.75, 3.05) is 13.2 Å². The van der Waals surface area contributed by atoms with Crippen LogP contribution in [-0.4, -0.2) is 50.8 Å². The first-order chi connectivity index (χ1) is 23.1. The van der Waals surface area contributed by atoms with Gasteiger partial charge in [0, 0.05) is 34.2 Å². The predicted octanol–water partition coefficient (Wildman–Crippen LogP) is 8.28. The van der Waals surface area contributed by atoms with Crippen molar-refractivity contribution in [1.82, 2.24) is 9.97 Å². The van der Waals surface area contributed by atoms with E-state index in [1.54, 1.807) is 48.5 Å². The fourth-order valence-corrected chi connectivity index (χ4v) is 5.61. The maximum absolute atomic E-state index is 14.9. The number of aromatic amines is 2. The minimum atomic E-state index is -1.29. The average molecular weight is 675 g/mol. The summed E-state index contributed by atoms with van der Waals surface area (Å²) in [6, 6.07) is 15.5. The van der Waals surface area contributed by atoms with E-state index < -0.39 is 40.1 Å². The molecule has 0 unspecified atom stereocenters. The molecule has 0 aliphatic rings. The number of halogens is 4. The van der Waals surface area contributed by atoms with Crippen LogP contribution in [0.25, 0.3) is 44.1 Å². The molecule has 5 N–H and O–H groups in total. The van der Waals surface area contributed by atoms with Crippen LogP contribution >= 0.6 is 0 Å². The summed E-state index contributed by atoms with van der Waals surface area (Å²) in [7, 11) is 0. The molecule has 49 heavy (non-hydrogen) atoms. The van der Waals surface area contributed by atoms with Crippen molar-refractivity contribution in [3.63, 3.8) is 0 Å². The van der Waals surface area contributed by atoms with Crippen molar-refractivity contribution in [3.05, 3.63) is 119 Å². The molecule has 7 nitrogen and oxygen atoms in total. The van der Waals surface area contributed by atoms with Gasteiger partial charge in [-0.3, -0.25) is 4.79 Å².